The largest absolute Gasteiger partial charge is 0.489 e. The van der Waals surface area contributed by atoms with Gasteiger partial charge in [0.15, 0.2) is 0 Å². The molecular formula is C42H55N5O10S. The Morgan fingerprint density at radius 1 is 1.03 bits per heavy atom. The Morgan fingerprint density at radius 2 is 1.78 bits per heavy atom. The molecule has 58 heavy (non-hydrogen) atoms. The first kappa shape index (κ1) is 40.3. The Labute approximate surface area is 339 Å². The number of carbonyl (C=O) groups is 4. The monoisotopic (exact) mass is 821 g/mol. The summed E-state index contributed by atoms with van der Waals surface area (Å²) >= 11 is 0. The van der Waals surface area contributed by atoms with Gasteiger partial charge in [0.1, 0.15) is 36.1 Å². The molecule has 0 radical (unpaired) electrons. The lowest BCUT2D eigenvalue weighted by Crippen LogP contribution is -2.61. The van der Waals surface area contributed by atoms with Crippen LogP contribution in [0.3, 0.4) is 0 Å². The summed E-state index contributed by atoms with van der Waals surface area (Å²) in [5.74, 6) is -0.857. The lowest BCUT2D eigenvalue weighted by Gasteiger charge is -2.40. The molecule has 1 aromatic carbocycles. The van der Waals surface area contributed by atoms with E-state index < -0.39 is 68.7 Å². The molecule has 1 aromatic heterocycles. The van der Waals surface area contributed by atoms with E-state index in [4.69, 9.17) is 14.2 Å². The van der Waals surface area contributed by atoms with Crippen LogP contribution in [-0.4, -0.2) is 114 Å². The third-order valence-electron chi connectivity index (χ3n) is 13.3. The van der Waals surface area contributed by atoms with E-state index in [0.29, 0.717) is 74.7 Å². The van der Waals surface area contributed by atoms with Crippen LogP contribution in [0.1, 0.15) is 78.1 Å². The number of carboxylic acid groups (broad SMARTS) is 1. The maximum atomic E-state index is 15.3. The number of methoxy groups -OCH3 is 1. The summed E-state index contributed by atoms with van der Waals surface area (Å²) in [5.41, 5.74) is -1.53. The van der Waals surface area contributed by atoms with Crippen LogP contribution in [0.25, 0.3) is 10.8 Å². The molecule has 16 heteroatoms. The highest BCUT2D eigenvalue weighted by molar-refractivity contribution is 7.91. The van der Waals surface area contributed by atoms with Crippen molar-refractivity contribution >= 4 is 44.6 Å². The van der Waals surface area contributed by atoms with Gasteiger partial charge in [0.25, 0.3) is 5.91 Å². The summed E-state index contributed by atoms with van der Waals surface area (Å²) < 4.78 is 45.8. The van der Waals surface area contributed by atoms with Crippen LogP contribution in [0.5, 0.6) is 11.6 Å². The number of nitrogens with zero attached hydrogens (tertiary/aromatic N) is 3. The molecule has 5 fully saturated rings. The van der Waals surface area contributed by atoms with Gasteiger partial charge in [-0.2, -0.15) is 0 Å². The normalized spacial score (nSPS) is 32.6. The van der Waals surface area contributed by atoms with Crippen molar-refractivity contribution in [3.8, 4) is 11.6 Å². The lowest BCUT2D eigenvalue weighted by atomic mass is 9.86. The van der Waals surface area contributed by atoms with Gasteiger partial charge in [0.2, 0.25) is 27.7 Å². The molecule has 0 spiro atoms. The quantitative estimate of drug-likeness (QED) is 0.217. The van der Waals surface area contributed by atoms with Crippen LogP contribution in [0.4, 0.5) is 4.79 Å². The van der Waals surface area contributed by atoms with Gasteiger partial charge in [-0.15, -0.1) is 0 Å². The van der Waals surface area contributed by atoms with Crippen LogP contribution in [0.15, 0.2) is 42.6 Å². The van der Waals surface area contributed by atoms with Crippen molar-refractivity contribution in [3.63, 3.8) is 0 Å². The number of carbonyl (C=O) groups excluding carboxylic acids is 3. The molecule has 2 aliphatic heterocycles. The van der Waals surface area contributed by atoms with E-state index in [1.54, 1.807) is 13.3 Å². The number of allylic oxidation sites excluding steroid dienone is 1. The van der Waals surface area contributed by atoms with Crippen molar-refractivity contribution in [2.24, 2.45) is 29.6 Å². The van der Waals surface area contributed by atoms with Crippen molar-refractivity contribution in [1.29, 1.82) is 0 Å². The molecule has 3 heterocycles. The second-order valence-electron chi connectivity index (χ2n) is 17.6. The topological polar surface area (TPSA) is 194 Å². The van der Waals surface area contributed by atoms with E-state index in [-0.39, 0.29) is 43.1 Å². The molecule has 9 atom stereocenters. The summed E-state index contributed by atoms with van der Waals surface area (Å²) in [5, 5.41) is 14.5. The summed E-state index contributed by atoms with van der Waals surface area (Å²) in [4.78, 5) is 64.5. The van der Waals surface area contributed by atoms with Crippen LogP contribution in [0.2, 0.25) is 0 Å². The zero-order chi connectivity index (χ0) is 40.9. The van der Waals surface area contributed by atoms with E-state index in [2.05, 4.69) is 21.9 Å². The number of sulfonamides is 1. The Hall–Kier alpha value is -4.44. The molecular weight excluding hydrogens is 767 g/mol. The molecule has 0 unspecified atom stereocenters. The highest BCUT2D eigenvalue weighted by Crippen LogP contribution is 2.54. The number of rotatable bonds is 11. The van der Waals surface area contributed by atoms with Crippen molar-refractivity contribution in [1.82, 2.24) is 24.8 Å². The molecule has 15 nitrogen and oxygen atoms in total. The van der Waals surface area contributed by atoms with Crippen LogP contribution >= 0.6 is 0 Å². The number of hydrogen-bond donors (Lipinski definition) is 3. The number of aromatic nitrogens is 1. The summed E-state index contributed by atoms with van der Waals surface area (Å²) in [6, 6.07) is 4.93. The van der Waals surface area contributed by atoms with Crippen LogP contribution in [-0.2, 0) is 29.1 Å². The Bertz CT molecular complexity index is 2070. The van der Waals surface area contributed by atoms with E-state index in [1.165, 1.54) is 9.80 Å². The van der Waals surface area contributed by atoms with Gasteiger partial charge in [0, 0.05) is 36.3 Å². The zero-order valence-corrected chi connectivity index (χ0v) is 34.2. The fourth-order valence-electron chi connectivity index (χ4n) is 9.83. The second-order valence-corrected chi connectivity index (χ2v) is 19.5. The molecule has 4 aliphatic carbocycles. The predicted molar refractivity (Wildman–Crippen MR) is 212 cm³/mol. The fraction of sp³-hybridized carbons (Fsp3) is 0.643. The molecule has 1 saturated heterocycles. The van der Waals surface area contributed by atoms with E-state index in [1.807, 2.05) is 43.3 Å². The van der Waals surface area contributed by atoms with Crippen molar-refractivity contribution in [3.05, 3.63) is 42.6 Å². The summed E-state index contributed by atoms with van der Waals surface area (Å²) in [6.45, 7) is 4.68. The Balaban J connectivity index is 1.14. The number of nitrogens with one attached hydrogen (secondary N) is 2. The molecule has 4 saturated carbocycles. The van der Waals surface area contributed by atoms with Gasteiger partial charge in [-0.05, 0) is 87.5 Å². The van der Waals surface area contributed by atoms with E-state index in [9.17, 15) is 27.9 Å². The van der Waals surface area contributed by atoms with Gasteiger partial charge in [0.05, 0.1) is 24.6 Å². The third kappa shape index (κ3) is 8.10. The fourth-order valence-corrected chi connectivity index (χ4v) is 11.2. The van der Waals surface area contributed by atoms with Gasteiger partial charge in [-0.25, -0.2) is 18.2 Å². The molecule has 4 amide bonds. The van der Waals surface area contributed by atoms with Gasteiger partial charge >= 0.3 is 6.09 Å². The summed E-state index contributed by atoms with van der Waals surface area (Å²) in [6.07, 6.45) is 9.17. The van der Waals surface area contributed by atoms with E-state index in [0.717, 1.165) is 18.2 Å². The number of ether oxygens (including phenoxy) is 3. The van der Waals surface area contributed by atoms with Gasteiger partial charge < -0.3 is 29.5 Å². The Kier molecular flexibility index (Phi) is 11.1. The Morgan fingerprint density at radius 3 is 2.48 bits per heavy atom. The first-order valence-corrected chi connectivity index (χ1v) is 22.4. The maximum absolute atomic E-state index is 15.3. The average Bonchev–Trinajstić information content (AvgIpc) is 4.15. The highest BCUT2D eigenvalue weighted by Gasteiger charge is 2.62. The molecule has 6 aliphatic rings. The van der Waals surface area contributed by atoms with E-state index >= 15 is 4.79 Å². The minimum absolute atomic E-state index is 0.0242. The molecule has 3 N–H and O–H groups in total. The second kappa shape index (κ2) is 16.0. The zero-order valence-electron chi connectivity index (χ0n) is 33.4. The maximum Gasteiger partial charge on any atom is 0.408 e. The molecule has 2 aromatic rings. The van der Waals surface area contributed by atoms with Crippen molar-refractivity contribution < 1.29 is 46.9 Å². The first-order valence-electron chi connectivity index (χ1n) is 20.8. The van der Waals surface area contributed by atoms with Crippen molar-refractivity contribution in [2.75, 3.05) is 26.9 Å². The SMILES string of the molecule is COCCOc1cnc(O[C@@H]2C[C@H]3C(=O)N[C@]4(C(=O)NS(=O)(=O)C5CC5)C[C@H]4C=CCC[C@@H](C)C[C@@H](C)[C@H](N(C(=O)O)C4C[C@@H]5C[C@H]5C4)C(=O)N3C2)c2ccccc12. The number of hydrogen-bond acceptors (Lipinski definition) is 10. The smallest absolute Gasteiger partial charge is 0.408 e. The lowest BCUT2D eigenvalue weighted by molar-refractivity contribution is -0.145. The third-order valence-corrected chi connectivity index (χ3v) is 15.1. The molecule has 314 valence electrons. The summed E-state index contributed by atoms with van der Waals surface area (Å²) in [7, 11) is -2.33. The number of amides is 4. The van der Waals surface area contributed by atoms with Gasteiger partial charge in [-0.1, -0.05) is 44.2 Å². The number of pyridine rings is 1. The number of fused-ring (bicyclic) bond motifs is 4. The number of benzene rings is 1. The minimum Gasteiger partial charge on any atom is -0.489 e. The predicted octanol–water partition coefficient (Wildman–Crippen LogP) is 4.25. The average molecular weight is 822 g/mol. The van der Waals surface area contributed by atoms with Gasteiger partial charge in [-0.3, -0.25) is 24.0 Å². The first-order chi connectivity index (χ1) is 27.8. The molecule has 0 bridgehead atoms. The standard InChI is InChI=1S/C42H55N5O10S/c1-24-8-4-5-9-28-21-42(28,40(50)45-58(53,54)31-12-13-31)44-37(48)34-20-30(57-38-33-11-7-6-10-32(33)35(22-43-38)56-15-14-55-3)23-46(34)39(49)36(25(2)16-24)47(41(51)52)29-18-26-17-27(26)19-29/h5-7,9-11,22,24-31,34,36H,4,8,12-21,23H2,1-3H3,(H,44,48)(H,45,50)(H,51,52)/t24-,25-,26+,27+,28-,30-,34+,36+,42-/m1/s1. The van der Waals surface area contributed by atoms with Crippen LogP contribution in [0, 0.1) is 29.6 Å². The molecule has 8 rings (SSSR count). The highest BCUT2D eigenvalue weighted by atomic mass is 32.2. The van der Waals surface area contributed by atoms with Crippen LogP contribution < -0.4 is 19.5 Å². The van der Waals surface area contributed by atoms with Crippen molar-refractivity contribution in [2.45, 2.75) is 113 Å². The minimum atomic E-state index is -3.92.